The molecule has 30 heavy (non-hydrogen) atoms. The first kappa shape index (κ1) is 31.5. The molecule has 4 N–H and O–H groups in total. The summed E-state index contributed by atoms with van der Waals surface area (Å²) in [5, 5.41) is 34.0. The fourth-order valence-electron chi connectivity index (χ4n) is 3.36. The Labute approximate surface area is 185 Å². The molecule has 0 fully saturated rings. The van der Waals surface area contributed by atoms with Gasteiger partial charge in [0.1, 0.15) is 0 Å². The molecule has 0 aliphatic rings. The van der Waals surface area contributed by atoms with Gasteiger partial charge in [-0.15, -0.1) is 0 Å². The van der Waals surface area contributed by atoms with Crippen LogP contribution in [0.1, 0.15) is 104 Å². The molecule has 0 spiro atoms. The van der Waals surface area contributed by atoms with Crippen LogP contribution < -0.4 is 0 Å². The molecule has 0 radical (unpaired) electrons. The van der Waals surface area contributed by atoms with E-state index < -0.39 is 5.97 Å². The zero-order chi connectivity index (χ0) is 22.9. The second-order valence-electron chi connectivity index (χ2n) is 8.58. The summed E-state index contributed by atoms with van der Waals surface area (Å²) in [6.07, 6.45) is 17.3. The van der Waals surface area contributed by atoms with Crippen LogP contribution in [0, 0.1) is 5.92 Å². The standard InChI is InChI=1S/C18H36O2.C6H15NO3/c1-17(2)15-13-11-9-7-5-3-4-6-8-10-12-14-16-18(19)20;8-4-1-7(2-5-9)3-6-10/h17H,3-16H2,1-2H3,(H,19,20);8-10H,1-6H2. The Morgan fingerprint density at radius 2 is 0.967 bits per heavy atom. The molecule has 0 aromatic carbocycles. The summed E-state index contributed by atoms with van der Waals surface area (Å²) >= 11 is 0. The Morgan fingerprint density at radius 1 is 0.633 bits per heavy atom. The zero-order valence-corrected chi connectivity index (χ0v) is 19.9. The molecular weight excluding hydrogens is 382 g/mol. The third-order valence-electron chi connectivity index (χ3n) is 5.17. The van der Waals surface area contributed by atoms with Crippen molar-refractivity contribution in [1.29, 1.82) is 0 Å². The van der Waals surface area contributed by atoms with E-state index >= 15 is 0 Å². The van der Waals surface area contributed by atoms with Gasteiger partial charge in [0.15, 0.2) is 0 Å². The van der Waals surface area contributed by atoms with E-state index in [-0.39, 0.29) is 19.8 Å². The number of carbonyl (C=O) groups is 1. The minimum absolute atomic E-state index is 0.0694. The van der Waals surface area contributed by atoms with Gasteiger partial charge in [0.05, 0.1) is 19.8 Å². The van der Waals surface area contributed by atoms with Gasteiger partial charge in [0.2, 0.25) is 0 Å². The van der Waals surface area contributed by atoms with Gasteiger partial charge in [-0.3, -0.25) is 9.69 Å². The fraction of sp³-hybridized carbons (Fsp3) is 0.958. The van der Waals surface area contributed by atoms with E-state index in [1.807, 2.05) is 0 Å². The molecule has 6 heteroatoms. The average Bonchev–Trinajstić information content (AvgIpc) is 2.69. The SMILES string of the molecule is CC(C)CCCCCCCCCCCCCCC(=O)O.OCCN(CCO)CCO. The second kappa shape index (κ2) is 26.3. The fourth-order valence-corrected chi connectivity index (χ4v) is 3.36. The summed E-state index contributed by atoms with van der Waals surface area (Å²) in [7, 11) is 0. The Morgan fingerprint density at radius 3 is 1.27 bits per heavy atom. The van der Waals surface area contributed by atoms with Gasteiger partial charge in [-0.1, -0.05) is 90.9 Å². The third-order valence-corrected chi connectivity index (χ3v) is 5.17. The van der Waals surface area contributed by atoms with Crippen molar-refractivity contribution < 1.29 is 25.2 Å². The molecule has 0 aliphatic carbocycles. The highest BCUT2D eigenvalue weighted by atomic mass is 16.4. The quantitative estimate of drug-likeness (QED) is 0.199. The Bertz CT molecular complexity index is 325. The number of rotatable bonds is 21. The van der Waals surface area contributed by atoms with Crippen LogP contribution in [0.2, 0.25) is 0 Å². The molecule has 0 rings (SSSR count). The highest BCUT2D eigenvalue weighted by molar-refractivity contribution is 5.66. The van der Waals surface area contributed by atoms with Gasteiger partial charge in [-0.2, -0.15) is 0 Å². The van der Waals surface area contributed by atoms with Gasteiger partial charge >= 0.3 is 5.97 Å². The van der Waals surface area contributed by atoms with E-state index in [1.54, 1.807) is 4.90 Å². The Hall–Kier alpha value is -0.690. The number of aliphatic carboxylic acids is 1. The number of nitrogens with zero attached hydrogens (tertiary/aromatic N) is 1. The highest BCUT2D eigenvalue weighted by Gasteiger charge is 2.00. The van der Waals surface area contributed by atoms with Crippen molar-refractivity contribution in [3.8, 4) is 0 Å². The summed E-state index contributed by atoms with van der Waals surface area (Å²) in [6, 6.07) is 0. The van der Waals surface area contributed by atoms with Crippen LogP contribution >= 0.6 is 0 Å². The Balaban J connectivity index is 0. The topological polar surface area (TPSA) is 101 Å². The minimum atomic E-state index is -0.654. The predicted molar refractivity (Wildman–Crippen MR) is 125 cm³/mol. The molecule has 0 amide bonds. The molecule has 0 atom stereocenters. The number of aliphatic hydroxyl groups is 3. The molecule has 0 aromatic rings. The van der Waals surface area contributed by atoms with Crippen molar-refractivity contribution in [3.63, 3.8) is 0 Å². The van der Waals surface area contributed by atoms with Crippen molar-refractivity contribution in [1.82, 2.24) is 4.90 Å². The van der Waals surface area contributed by atoms with Crippen LogP contribution in [-0.2, 0) is 4.79 Å². The van der Waals surface area contributed by atoms with E-state index in [9.17, 15) is 4.79 Å². The number of hydrogen-bond acceptors (Lipinski definition) is 5. The predicted octanol–water partition coefficient (Wildman–Crippen LogP) is 4.45. The molecule has 182 valence electrons. The summed E-state index contributed by atoms with van der Waals surface area (Å²) < 4.78 is 0. The maximum absolute atomic E-state index is 10.3. The number of aliphatic hydroxyl groups excluding tert-OH is 3. The summed E-state index contributed by atoms with van der Waals surface area (Å²) in [5.41, 5.74) is 0. The molecule has 0 bridgehead atoms. The average molecular weight is 434 g/mol. The van der Waals surface area contributed by atoms with Crippen molar-refractivity contribution in [2.45, 2.75) is 104 Å². The Kier molecular flexibility index (Phi) is 27.7. The van der Waals surface area contributed by atoms with Crippen LogP contribution in [0.3, 0.4) is 0 Å². The van der Waals surface area contributed by atoms with E-state index in [4.69, 9.17) is 20.4 Å². The molecule has 0 saturated heterocycles. The van der Waals surface area contributed by atoms with Crippen LogP contribution in [0.15, 0.2) is 0 Å². The second-order valence-corrected chi connectivity index (χ2v) is 8.58. The molecular formula is C24H51NO5. The molecule has 0 aliphatic heterocycles. The number of carboxylic acid groups (broad SMARTS) is 1. The van der Waals surface area contributed by atoms with Crippen molar-refractivity contribution in [3.05, 3.63) is 0 Å². The first-order valence-electron chi connectivity index (χ1n) is 12.2. The van der Waals surface area contributed by atoms with Gasteiger partial charge in [-0.25, -0.2) is 0 Å². The number of carboxylic acids is 1. The lowest BCUT2D eigenvalue weighted by molar-refractivity contribution is -0.137. The van der Waals surface area contributed by atoms with Crippen molar-refractivity contribution in [2.75, 3.05) is 39.5 Å². The van der Waals surface area contributed by atoms with Crippen LogP contribution in [0.25, 0.3) is 0 Å². The van der Waals surface area contributed by atoms with Crippen LogP contribution in [0.4, 0.5) is 0 Å². The minimum Gasteiger partial charge on any atom is -0.481 e. The molecule has 6 nitrogen and oxygen atoms in total. The van der Waals surface area contributed by atoms with Gasteiger partial charge < -0.3 is 20.4 Å². The summed E-state index contributed by atoms with van der Waals surface area (Å²) in [6.45, 7) is 6.37. The highest BCUT2D eigenvalue weighted by Crippen LogP contribution is 2.14. The normalized spacial score (nSPS) is 11.0. The summed E-state index contributed by atoms with van der Waals surface area (Å²) in [4.78, 5) is 12.1. The first-order chi connectivity index (χ1) is 14.5. The van der Waals surface area contributed by atoms with E-state index in [1.165, 1.54) is 70.6 Å². The molecule has 0 unspecified atom stereocenters. The molecule has 0 heterocycles. The van der Waals surface area contributed by atoms with Crippen molar-refractivity contribution in [2.24, 2.45) is 5.92 Å². The van der Waals surface area contributed by atoms with E-state index in [2.05, 4.69) is 13.8 Å². The molecule has 0 saturated carbocycles. The maximum Gasteiger partial charge on any atom is 0.303 e. The smallest absolute Gasteiger partial charge is 0.303 e. The number of unbranched alkanes of at least 4 members (excludes halogenated alkanes) is 11. The molecule has 0 aromatic heterocycles. The van der Waals surface area contributed by atoms with Gasteiger partial charge in [0.25, 0.3) is 0 Å². The lowest BCUT2D eigenvalue weighted by atomic mass is 10.0. The van der Waals surface area contributed by atoms with E-state index in [0.717, 1.165) is 18.8 Å². The lowest BCUT2D eigenvalue weighted by Crippen LogP contribution is -2.32. The summed E-state index contributed by atoms with van der Waals surface area (Å²) in [5.74, 6) is 0.212. The van der Waals surface area contributed by atoms with Crippen LogP contribution in [0.5, 0.6) is 0 Å². The van der Waals surface area contributed by atoms with Crippen molar-refractivity contribution >= 4 is 5.97 Å². The van der Waals surface area contributed by atoms with Gasteiger partial charge in [-0.05, 0) is 12.3 Å². The maximum atomic E-state index is 10.3. The first-order valence-corrected chi connectivity index (χ1v) is 12.2. The zero-order valence-electron chi connectivity index (χ0n) is 19.9. The van der Waals surface area contributed by atoms with Crippen LogP contribution in [-0.4, -0.2) is 70.8 Å². The lowest BCUT2D eigenvalue weighted by Gasteiger charge is -2.17. The van der Waals surface area contributed by atoms with Gasteiger partial charge in [0, 0.05) is 26.1 Å². The third kappa shape index (κ3) is 29.5. The monoisotopic (exact) mass is 433 g/mol. The number of hydrogen-bond donors (Lipinski definition) is 4. The largest absolute Gasteiger partial charge is 0.481 e. The van der Waals surface area contributed by atoms with E-state index in [0.29, 0.717) is 26.1 Å².